The Kier molecular flexibility index (Phi) is 5.32. The van der Waals surface area contributed by atoms with Crippen LogP contribution in [0.5, 0.6) is 0 Å². The Morgan fingerprint density at radius 2 is 1.50 bits per heavy atom. The molecule has 2 aromatic carbocycles. The van der Waals surface area contributed by atoms with Crippen molar-refractivity contribution < 1.29 is 12.0 Å². The van der Waals surface area contributed by atoms with E-state index in [2.05, 4.69) is 0 Å². The average molecular weight is 338 g/mol. The maximum atomic E-state index is 12.4. The van der Waals surface area contributed by atoms with Gasteiger partial charge in [-0.25, -0.2) is 3.63 Å². The van der Waals surface area contributed by atoms with Gasteiger partial charge in [-0.1, -0.05) is 48.0 Å². The quantitative estimate of drug-likeness (QED) is 0.802. The van der Waals surface area contributed by atoms with Crippen molar-refractivity contribution in [2.75, 3.05) is 18.3 Å². The lowest BCUT2D eigenvalue weighted by Crippen LogP contribution is -2.14. The van der Waals surface area contributed by atoms with Crippen LogP contribution < -0.4 is 0 Å². The molecule has 2 rings (SSSR count). The third-order valence-corrected chi connectivity index (χ3v) is 7.54. The van der Waals surface area contributed by atoms with Crippen LogP contribution in [0.3, 0.4) is 0 Å². The summed E-state index contributed by atoms with van der Waals surface area (Å²) in [6.07, 6.45) is 4.59. The number of rotatable bonds is 6. The Bertz CT molecular complexity index is 705. The monoisotopic (exact) mass is 338 g/mol. The van der Waals surface area contributed by atoms with E-state index in [0.29, 0.717) is 5.75 Å². The van der Waals surface area contributed by atoms with Crippen molar-refractivity contribution in [3.8, 4) is 0 Å². The van der Waals surface area contributed by atoms with Gasteiger partial charge in [0.1, 0.15) is 0 Å². The zero-order chi connectivity index (χ0) is 16.2. The molecule has 3 nitrogen and oxygen atoms in total. The van der Waals surface area contributed by atoms with Gasteiger partial charge in [-0.15, -0.1) is 10.3 Å². The molecule has 0 aromatic heterocycles. The van der Waals surface area contributed by atoms with Crippen molar-refractivity contribution in [3.05, 3.63) is 65.7 Å². The lowest BCUT2D eigenvalue weighted by Gasteiger charge is -2.29. The molecule has 0 aliphatic heterocycles. The van der Waals surface area contributed by atoms with Gasteiger partial charge in [0, 0.05) is 5.75 Å². The average Bonchev–Trinajstić information content (AvgIpc) is 2.46. The molecule has 0 heterocycles. The minimum atomic E-state index is -3.70. The summed E-state index contributed by atoms with van der Waals surface area (Å²) in [5.74, 6) is 0.710. The highest BCUT2D eigenvalue weighted by Crippen LogP contribution is 2.44. The fourth-order valence-electron chi connectivity index (χ4n) is 2.03. The second kappa shape index (κ2) is 6.86. The maximum absolute atomic E-state index is 12.4. The standard InChI is InChI=1S/C17H22O3S2/c1-15-9-11-17(12-10-15)22(18,19)20-21(2,3)14-13-16-7-5-4-6-8-16/h4-12H,13-14H2,1-3H3. The van der Waals surface area contributed by atoms with Crippen molar-refractivity contribution in [1.29, 1.82) is 0 Å². The van der Waals surface area contributed by atoms with Crippen LogP contribution >= 0.6 is 10.3 Å². The van der Waals surface area contributed by atoms with Crippen LogP contribution in [-0.4, -0.2) is 26.7 Å². The maximum Gasteiger partial charge on any atom is 0.306 e. The van der Waals surface area contributed by atoms with Crippen LogP contribution in [0.2, 0.25) is 0 Å². The van der Waals surface area contributed by atoms with Gasteiger partial charge >= 0.3 is 10.1 Å². The molecule has 120 valence electrons. The lowest BCUT2D eigenvalue weighted by molar-refractivity contribution is 0.511. The Morgan fingerprint density at radius 1 is 0.909 bits per heavy atom. The van der Waals surface area contributed by atoms with Gasteiger partial charge in [0.25, 0.3) is 0 Å². The predicted molar refractivity (Wildman–Crippen MR) is 93.9 cm³/mol. The molecular weight excluding hydrogens is 316 g/mol. The lowest BCUT2D eigenvalue weighted by atomic mass is 10.2. The molecule has 2 aromatic rings. The highest BCUT2D eigenvalue weighted by Gasteiger charge is 2.24. The minimum Gasteiger partial charge on any atom is -0.217 e. The molecule has 0 N–H and O–H groups in total. The largest absolute Gasteiger partial charge is 0.306 e. The second-order valence-corrected chi connectivity index (χ2v) is 10.9. The zero-order valence-corrected chi connectivity index (χ0v) is 14.8. The first-order valence-electron chi connectivity index (χ1n) is 7.06. The fourth-order valence-corrected chi connectivity index (χ4v) is 5.75. The van der Waals surface area contributed by atoms with Crippen LogP contribution in [-0.2, 0) is 20.2 Å². The third kappa shape index (κ3) is 4.87. The molecule has 0 aliphatic carbocycles. The van der Waals surface area contributed by atoms with E-state index in [4.69, 9.17) is 3.63 Å². The number of aryl methyl sites for hydroxylation is 2. The van der Waals surface area contributed by atoms with Crippen molar-refractivity contribution in [2.24, 2.45) is 0 Å². The van der Waals surface area contributed by atoms with E-state index >= 15 is 0 Å². The Hall–Kier alpha value is -1.30. The number of hydrogen-bond acceptors (Lipinski definition) is 3. The first kappa shape index (κ1) is 17.1. The third-order valence-electron chi connectivity index (χ3n) is 3.31. The highest BCUT2D eigenvalue weighted by molar-refractivity contribution is 8.32. The molecule has 0 atom stereocenters. The topological polar surface area (TPSA) is 43.4 Å². The minimum absolute atomic E-state index is 0.221. The molecule has 22 heavy (non-hydrogen) atoms. The molecule has 0 amide bonds. The van der Waals surface area contributed by atoms with Crippen molar-refractivity contribution in [2.45, 2.75) is 18.2 Å². The summed E-state index contributed by atoms with van der Waals surface area (Å²) < 4.78 is 30.3. The molecule has 0 bridgehead atoms. The van der Waals surface area contributed by atoms with E-state index in [1.807, 2.05) is 49.8 Å². The van der Waals surface area contributed by atoms with E-state index in [1.165, 1.54) is 5.56 Å². The van der Waals surface area contributed by atoms with Crippen LogP contribution in [0.25, 0.3) is 0 Å². The van der Waals surface area contributed by atoms with E-state index in [0.717, 1.165) is 12.0 Å². The smallest absolute Gasteiger partial charge is 0.217 e. The molecule has 0 saturated carbocycles. The molecule has 0 aliphatic rings. The van der Waals surface area contributed by atoms with Crippen molar-refractivity contribution in [1.82, 2.24) is 0 Å². The zero-order valence-electron chi connectivity index (χ0n) is 13.2. The highest BCUT2D eigenvalue weighted by atomic mass is 32.3. The normalized spacial score (nSPS) is 13.0. The van der Waals surface area contributed by atoms with Crippen LogP contribution in [0, 0.1) is 6.92 Å². The molecule has 0 fully saturated rings. The van der Waals surface area contributed by atoms with Gasteiger partial charge in [-0.05, 0) is 43.6 Å². The molecule has 0 spiro atoms. The summed E-state index contributed by atoms with van der Waals surface area (Å²) in [6.45, 7) is 1.92. The summed E-state index contributed by atoms with van der Waals surface area (Å²) in [4.78, 5) is 0.221. The van der Waals surface area contributed by atoms with Gasteiger partial charge in [-0.3, -0.25) is 0 Å². The summed E-state index contributed by atoms with van der Waals surface area (Å²) in [7, 11) is -5.39. The second-order valence-electron chi connectivity index (χ2n) is 5.71. The number of benzene rings is 2. The molecule has 0 unspecified atom stereocenters. The number of hydrogen-bond donors (Lipinski definition) is 0. The first-order valence-corrected chi connectivity index (χ1v) is 11.0. The Balaban J connectivity index is 2.05. The molecular formula is C17H22O3S2. The Morgan fingerprint density at radius 3 is 2.09 bits per heavy atom. The predicted octanol–water partition coefficient (Wildman–Crippen LogP) is 3.92. The van der Waals surface area contributed by atoms with Gasteiger partial charge in [-0.2, -0.15) is 8.42 Å². The van der Waals surface area contributed by atoms with E-state index in [-0.39, 0.29) is 4.90 Å². The van der Waals surface area contributed by atoms with E-state index < -0.39 is 20.4 Å². The fraction of sp³-hybridized carbons (Fsp3) is 0.294. The summed E-state index contributed by atoms with van der Waals surface area (Å²) in [5, 5.41) is 0. The van der Waals surface area contributed by atoms with E-state index in [1.54, 1.807) is 24.3 Å². The van der Waals surface area contributed by atoms with Crippen LogP contribution in [0.1, 0.15) is 11.1 Å². The molecule has 0 saturated heterocycles. The van der Waals surface area contributed by atoms with Gasteiger partial charge in [0.15, 0.2) is 0 Å². The van der Waals surface area contributed by atoms with E-state index in [9.17, 15) is 8.42 Å². The SMILES string of the molecule is Cc1ccc(S(=O)(=O)OS(C)(C)CCc2ccccc2)cc1. The summed E-state index contributed by atoms with van der Waals surface area (Å²) >= 11 is 0. The molecule has 5 heteroatoms. The van der Waals surface area contributed by atoms with Crippen LogP contribution in [0.4, 0.5) is 0 Å². The Labute approximate surface area is 135 Å². The van der Waals surface area contributed by atoms with Crippen molar-refractivity contribution >= 4 is 20.4 Å². The summed E-state index contributed by atoms with van der Waals surface area (Å²) in [6, 6.07) is 16.8. The van der Waals surface area contributed by atoms with Gasteiger partial charge in [0.05, 0.1) is 4.90 Å². The van der Waals surface area contributed by atoms with Gasteiger partial charge < -0.3 is 0 Å². The van der Waals surface area contributed by atoms with Gasteiger partial charge in [0.2, 0.25) is 0 Å². The van der Waals surface area contributed by atoms with Crippen molar-refractivity contribution in [3.63, 3.8) is 0 Å². The first-order chi connectivity index (χ1) is 10.3. The van der Waals surface area contributed by atoms with Crippen LogP contribution in [0.15, 0.2) is 59.5 Å². The summed E-state index contributed by atoms with van der Waals surface area (Å²) in [5.41, 5.74) is 2.22. The molecule has 0 radical (unpaired) electrons.